The van der Waals surface area contributed by atoms with Gasteiger partial charge in [-0.25, -0.2) is 22.2 Å². The van der Waals surface area contributed by atoms with Crippen LogP contribution in [0.5, 0.6) is 5.88 Å². The second-order valence-corrected chi connectivity index (χ2v) is 10.00. The highest BCUT2D eigenvalue weighted by Crippen LogP contribution is 2.38. The number of sulfonamides is 1. The maximum atomic E-state index is 14.1. The van der Waals surface area contributed by atoms with Crippen LogP contribution in [0.25, 0.3) is 0 Å². The Balaban J connectivity index is 1.25. The summed E-state index contributed by atoms with van der Waals surface area (Å²) in [4.78, 5) is 10.3. The molecule has 1 aromatic heterocycles. The number of nitrogens with zero attached hydrogens (tertiary/aromatic N) is 4. The maximum Gasteiger partial charge on any atom is 0.246 e. The number of benzene rings is 1. The van der Waals surface area contributed by atoms with Gasteiger partial charge in [-0.2, -0.15) is 4.31 Å². The van der Waals surface area contributed by atoms with E-state index >= 15 is 0 Å². The molecule has 0 radical (unpaired) electrons. The SMILES string of the molecule is O=S(=O)(c1cccc(F)c1F)N1CCN2C[C@H](Oc3cnc(C4CC4)cn3)C[C@H]2C1. The molecule has 2 aliphatic heterocycles. The molecule has 30 heavy (non-hydrogen) atoms. The van der Waals surface area contributed by atoms with Crippen LogP contribution in [0.15, 0.2) is 35.5 Å². The molecule has 3 aliphatic rings. The number of ether oxygens (including phenoxy) is 1. The van der Waals surface area contributed by atoms with Crippen molar-refractivity contribution in [1.29, 1.82) is 0 Å². The Labute approximate surface area is 173 Å². The number of aromatic nitrogens is 2. The summed E-state index contributed by atoms with van der Waals surface area (Å²) >= 11 is 0. The van der Waals surface area contributed by atoms with Crippen molar-refractivity contribution < 1.29 is 21.9 Å². The first kappa shape index (κ1) is 19.8. The quantitative estimate of drug-likeness (QED) is 0.715. The zero-order valence-electron chi connectivity index (χ0n) is 16.2. The van der Waals surface area contributed by atoms with Gasteiger partial charge in [0.25, 0.3) is 0 Å². The van der Waals surface area contributed by atoms with Crippen molar-refractivity contribution in [1.82, 2.24) is 19.2 Å². The molecule has 1 aliphatic carbocycles. The highest BCUT2D eigenvalue weighted by molar-refractivity contribution is 7.89. The molecule has 5 rings (SSSR count). The lowest BCUT2D eigenvalue weighted by Gasteiger charge is -2.36. The molecule has 1 aromatic carbocycles. The first-order valence-corrected chi connectivity index (χ1v) is 11.5. The normalized spacial score (nSPS) is 25.3. The Kier molecular flexibility index (Phi) is 4.95. The van der Waals surface area contributed by atoms with Crippen molar-refractivity contribution in [2.45, 2.75) is 42.2 Å². The topological polar surface area (TPSA) is 75.6 Å². The van der Waals surface area contributed by atoms with Gasteiger partial charge >= 0.3 is 0 Å². The van der Waals surface area contributed by atoms with Crippen LogP contribution < -0.4 is 4.74 Å². The molecule has 0 unspecified atom stereocenters. The van der Waals surface area contributed by atoms with Crippen LogP contribution in [-0.4, -0.2) is 65.9 Å². The van der Waals surface area contributed by atoms with E-state index in [1.165, 1.54) is 10.4 Å². The van der Waals surface area contributed by atoms with Crippen LogP contribution in [0.3, 0.4) is 0 Å². The fourth-order valence-corrected chi connectivity index (χ4v) is 5.78. The number of halogens is 2. The minimum Gasteiger partial charge on any atom is -0.472 e. The van der Waals surface area contributed by atoms with E-state index in [2.05, 4.69) is 14.9 Å². The van der Waals surface area contributed by atoms with E-state index in [-0.39, 0.29) is 25.2 Å². The van der Waals surface area contributed by atoms with E-state index in [9.17, 15) is 17.2 Å². The van der Waals surface area contributed by atoms with Gasteiger partial charge in [-0.15, -0.1) is 0 Å². The Bertz CT molecular complexity index is 1050. The van der Waals surface area contributed by atoms with Crippen molar-refractivity contribution in [3.8, 4) is 5.88 Å². The molecular weight excluding hydrogens is 414 g/mol. The van der Waals surface area contributed by atoms with Gasteiger partial charge in [-0.05, 0) is 25.0 Å². The molecule has 2 saturated heterocycles. The average molecular weight is 436 g/mol. The fraction of sp³-hybridized carbons (Fsp3) is 0.500. The molecule has 1 saturated carbocycles. The second-order valence-electron chi connectivity index (χ2n) is 8.09. The van der Waals surface area contributed by atoms with Crippen LogP contribution in [0, 0.1) is 11.6 Å². The Morgan fingerprint density at radius 3 is 2.63 bits per heavy atom. The van der Waals surface area contributed by atoms with Crippen molar-refractivity contribution in [2.75, 3.05) is 26.2 Å². The van der Waals surface area contributed by atoms with Crippen LogP contribution in [0.2, 0.25) is 0 Å². The summed E-state index contributed by atoms with van der Waals surface area (Å²) in [5.74, 6) is -1.50. The van der Waals surface area contributed by atoms with E-state index in [4.69, 9.17) is 4.74 Å². The zero-order valence-corrected chi connectivity index (χ0v) is 17.1. The molecule has 2 aromatic rings. The van der Waals surface area contributed by atoms with Crippen LogP contribution >= 0.6 is 0 Å². The van der Waals surface area contributed by atoms with E-state index in [1.807, 2.05) is 0 Å². The molecular formula is C20H22F2N4O3S. The smallest absolute Gasteiger partial charge is 0.246 e. The van der Waals surface area contributed by atoms with Crippen molar-refractivity contribution in [2.24, 2.45) is 0 Å². The molecule has 2 atom stereocenters. The molecule has 0 bridgehead atoms. The van der Waals surface area contributed by atoms with E-state index in [1.54, 1.807) is 12.4 Å². The van der Waals surface area contributed by atoms with Crippen LogP contribution in [0.4, 0.5) is 8.78 Å². The Morgan fingerprint density at radius 1 is 1.07 bits per heavy atom. The van der Waals surface area contributed by atoms with Gasteiger partial charge in [0.05, 0.1) is 18.1 Å². The summed E-state index contributed by atoms with van der Waals surface area (Å²) in [6.07, 6.45) is 6.24. The predicted molar refractivity (Wildman–Crippen MR) is 104 cm³/mol. The summed E-state index contributed by atoms with van der Waals surface area (Å²) < 4.78 is 60.5. The van der Waals surface area contributed by atoms with E-state index < -0.39 is 26.6 Å². The number of fused-ring (bicyclic) bond motifs is 1. The van der Waals surface area contributed by atoms with Gasteiger partial charge in [-0.1, -0.05) is 6.07 Å². The van der Waals surface area contributed by atoms with Gasteiger partial charge in [-0.3, -0.25) is 9.88 Å². The van der Waals surface area contributed by atoms with E-state index in [0.29, 0.717) is 31.3 Å². The minimum absolute atomic E-state index is 0.0474. The van der Waals surface area contributed by atoms with Crippen LogP contribution in [-0.2, 0) is 10.0 Å². The van der Waals surface area contributed by atoms with Crippen LogP contribution in [0.1, 0.15) is 30.9 Å². The first-order valence-electron chi connectivity index (χ1n) is 10.1. The molecule has 160 valence electrons. The monoisotopic (exact) mass is 436 g/mol. The fourth-order valence-electron chi connectivity index (χ4n) is 4.24. The first-order chi connectivity index (χ1) is 14.4. The van der Waals surface area contributed by atoms with Crippen molar-refractivity contribution >= 4 is 10.0 Å². The molecule has 0 spiro atoms. The Morgan fingerprint density at radius 2 is 1.90 bits per heavy atom. The van der Waals surface area contributed by atoms with Gasteiger partial charge in [0.15, 0.2) is 11.6 Å². The average Bonchev–Trinajstić information content (AvgIpc) is 3.50. The molecule has 0 amide bonds. The third-order valence-electron chi connectivity index (χ3n) is 6.01. The van der Waals surface area contributed by atoms with Gasteiger partial charge < -0.3 is 4.74 Å². The largest absolute Gasteiger partial charge is 0.472 e. The minimum atomic E-state index is -4.11. The third kappa shape index (κ3) is 3.67. The summed E-state index contributed by atoms with van der Waals surface area (Å²) in [7, 11) is -4.11. The van der Waals surface area contributed by atoms with Gasteiger partial charge in [0.1, 0.15) is 11.0 Å². The Hall–Kier alpha value is -2.17. The lowest BCUT2D eigenvalue weighted by molar-refractivity contribution is 0.150. The molecule has 3 fully saturated rings. The molecule has 3 heterocycles. The highest BCUT2D eigenvalue weighted by atomic mass is 32.2. The predicted octanol–water partition coefficient (Wildman–Crippen LogP) is 2.16. The lowest BCUT2D eigenvalue weighted by atomic mass is 10.2. The highest BCUT2D eigenvalue weighted by Gasteiger charge is 2.41. The number of hydrogen-bond donors (Lipinski definition) is 0. The lowest BCUT2D eigenvalue weighted by Crippen LogP contribution is -2.52. The maximum absolute atomic E-state index is 14.1. The van der Waals surface area contributed by atoms with Gasteiger partial charge in [0.2, 0.25) is 15.9 Å². The van der Waals surface area contributed by atoms with Gasteiger partial charge in [0, 0.05) is 44.6 Å². The van der Waals surface area contributed by atoms with E-state index in [0.717, 1.165) is 30.7 Å². The molecule has 10 heteroatoms. The number of hydrogen-bond acceptors (Lipinski definition) is 6. The number of rotatable bonds is 5. The molecule has 0 N–H and O–H groups in total. The zero-order chi connectivity index (χ0) is 20.9. The summed E-state index contributed by atoms with van der Waals surface area (Å²) in [5.41, 5.74) is 0.997. The third-order valence-corrected chi connectivity index (χ3v) is 7.89. The summed E-state index contributed by atoms with van der Waals surface area (Å²) in [5, 5.41) is 0. The number of piperazine rings is 1. The summed E-state index contributed by atoms with van der Waals surface area (Å²) in [6.45, 7) is 1.60. The summed E-state index contributed by atoms with van der Waals surface area (Å²) in [6, 6.07) is 3.17. The standard InChI is InChI=1S/C20H22F2N4O3S/c21-16-2-1-3-18(20(16)22)30(27,28)26-7-6-25-12-15(8-14(25)11-26)29-19-10-23-17(9-24-19)13-4-5-13/h1-3,9-10,13-15H,4-8,11-12H2/t14-,15+/m0/s1. The molecule has 7 nitrogen and oxygen atoms in total. The van der Waals surface area contributed by atoms with Crippen molar-refractivity contribution in [3.63, 3.8) is 0 Å². The second kappa shape index (κ2) is 7.51. The van der Waals surface area contributed by atoms with Crippen molar-refractivity contribution in [3.05, 3.63) is 47.9 Å².